The first-order valence-corrected chi connectivity index (χ1v) is 8.90. The van der Waals surface area contributed by atoms with Crippen LogP contribution in [0.5, 0.6) is 17.2 Å². The minimum Gasteiger partial charge on any atom is -0.495 e. The number of methoxy groups -OCH3 is 1. The van der Waals surface area contributed by atoms with Crippen LogP contribution in [-0.4, -0.2) is 36.5 Å². The molecule has 1 saturated heterocycles. The third kappa shape index (κ3) is 2.74. The molecule has 3 aromatic rings. The second kappa shape index (κ2) is 6.56. The van der Waals surface area contributed by atoms with E-state index in [1.54, 1.807) is 12.0 Å². The van der Waals surface area contributed by atoms with Gasteiger partial charge in [0.2, 0.25) is 24.4 Å². The molecule has 0 radical (unpaired) electrons. The van der Waals surface area contributed by atoms with E-state index in [9.17, 15) is 4.79 Å². The molecule has 1 fully saturated rings. The molecular weight excluding hydrogens is 362 g/mol. The van der Waals surface area contributed by atoms with Gasteiger partial charge in [0, 0.05) is 18.5 Å². The van der Waals surface area contributed by atoms with E-state index >= 15 is 0 Å². The summed E-state index contributed by atoms with van der Waals surface area (Å²) in [4.78, 5) is 18.8. The van der Waals surface area contributed by atoms with Gasteiger partial charge in [0.1, 0.15) is 5.75 Å². The maximum absolute atomic E-state index is 12.6. The molecule has 0 aliphatic carbocycles. The molecule has 0 N–H and O–H groups in total. The molecule has 1 atom stereocenters. The van der Waals surface area contributed by atoms with Gasteiger partial charge in [0.05, 0.1) is 18.7 Å². The Balaban J connectivity index is 1.39. The van der Waals surface area contributed by atoms with Gasteiger partial charge in [0.25, 0.3) is 0 Å². The summed E-state index contributed by atoms with van der Waals surface area (Å²) in [6.45, 7) is 0.668. The Hall–Kier alpha value is -3.55. The van der Waals surface area contributed by atoms with Gasteiger partial charge in [-0.05, 0) is 30.3 Å². The van der Waals surface area contributed by atoms with E-state index in [1.807, 2.05) is 42.5 Å². The zero-order valence-electron chi connectivity index (χ0n) is 15.1. The molecule has 0 saturated carbocycles. The Labute approximate surface area is 160 Å². The molecule has 28 heavy (non-hydrogen) atoms. The first kappa shape index (κ1) is 16.6. The largest absolute Gasteiger partial charge is 0.495 e. The lowest BCUT2D eigenvalue weighted by molar-refractivity contribution is -0.117. The number of amides is 1. The maximum atomic E-state index is 12.6. The van der Waals surface area contributed by atoms with Crippen LogP contribution in [0.3, 0.4) is 0 Å². The van der Waals surface area contributed by atoms with Crippen molar-refractivity contribution < 1.29 is 23.5 Å². The summed E-state index contributed by atoms with van der Waals surface area (Å²) in [5.41, 5.74) is 1.51. The summed E-state index contributed by atoms with van der Waals surface area (Å²) in [6, 6.07) is 12.9. The van der Waals surface area contributed by atoms with Crippen molar-refractivity contribution in [1.29, 1.82) is 0 Å². The average molecular weight is 379 g/mol. The first-order chi connectivity index (χ1) is 13.7. The Morgan fingerprint density at radius 3 is 2.89 bits per heavy atom. The number of benzene rings is 2. The molecule has 2 aliphatic rings. The average Bonchev–Trinajstić information content (AvgIpc) is 3.46. The number of rotatable bonds is 4. The van der Waals surface area contributed by atoms with Gasteiger partial charge in [0.15, 0.2) is 11.5 Å². The smallest absolute Gasteiger partial charge is 0.232 e. The van der Waals surface area contributed by atoms with Crippen LogP contribution in [0.25, 0.3) is 11.4 Å². The third-order valence-corrected chi connectivity index (χ3v) is 4.92. The SMILES string of the molecule is COc1ccccc1N1CC(c2nc(-c3ccc4c(c3)OCO4)no2)CC1=O. The molecule has 1 amide bonds. The summed E-state index contributed by atoms with van der Waals surface area (Å²) >= 11 is 0. The minimum atomic E-state index is -0.173. The van der Waals surface area contributed by atoms with Crippen molar-refractivity contribution in [1.82, 2.24) is 10.1 Å². The van der Waals surface area contributed by atoms with Gasteiger partial charge in [-0.15, -0.1) is 0 Å². The normalized spacial score (nSPS) is 18.0. The van der Waals surface area contributed by atoms with Crippen LogP contribution in [0.15, 0.2) is 47.0 Å². The van der Waals surface area contributed by atoms with Crippen LogP contribution >= 0.6 is 0 Å². The van der Waals surface area contributed by atoms with Gasteiger partial charge in [-0.1, -0.05) is 17.3 Å². The topological polar surface area (TPSA) is 86.9 Å². The number of hydrogen-bond acceptors (Lipinski definition) is 7. The number of carbonyl (C=O) groups excluding carboxylic acids is 1. The van der Waals surface area contributed by atoms with Gasteiger partial charge in [-0.3, -0.25) is 4.79 Å². The predicted molar refractivity (Wildman–Crippen MR) is 98.6 cm³/mol. The number of fused-ring (bicyclic) bond motifs is 1. The van der Waals surface area contributed by atoms with Crippen molar-refractivity contribution in [3.05, 3.63) is 48.4 Å². The van der Waals surface area contributed by atoms with Crippen molar-refractivity contribution in [3.8, 4) is 28.6 Å². The van der Waals surface area contributed by atoms with E-state index in [4.69, 9.17) is 18.7 Å². The Kier molecular flexibility index (Phi) is 3.89. The monoisotopic (exact) mass is 379 g/mol. The highest BCUT2D eigenvalue weighted by Gasteiger charge is 2.36. The number of para-hydroxylation sites is 2. The molecule has 0 spiro atoms. The number of hydrogen-bond donors (Lipinski definition) is 0. The van der Waals surface area contributed by atoms with Crippen LogP contribution in [0.2, 0.25) is 0 Å². The lowest BCUT2D eigenvalue weighted by atomic mass is 10.1. The second-order valence-electron chi connectivity index (χ2n) is 6.60. The van der Waals surface area contributed by atoms with Crippen molar-refractivity contribution in [2.45, 2.75) is 12.3 Å². The molecule has 2 aliphatic heterocycles. The number of nitrogens with zero attached hydrogens (tertiary/aromatic N) is 3. The summed E-state index contributed by atoms with van der Waals surface area (Å²) in [7, 11) is 1.59. The molecule has 8 nitrogen and oxygen atoms in total. The van der Waals surface area contributed by atoms with Crippen molar-refractivity contribution in [2.75, 3.05) is 25.3 Å². The maximum Gasteiger partial charge on any atom is 0.232 e. The van der Waals surface area contributed by atoms with E-state index < -0.39 is 0 Å². The zero-order valence-corrected chi connectivity index (χ0v) is 15.1. The fourth-order valence-electron chi connectivity index (χ4n) is 3.51. The highest BCUT2D eigenvalue weighted by Crippen LogP contribution is 2.38. The Bertz CT molecular complexity index is 1050. The summed E-state index contributed by atoms with van der Waals surface area (Å²) < 4.78 is 21.6. The van der Waals surface area contributed by atoms with Crippen LogP contribution in [0.4, 0.5) is 5.69 Å². The van der Waals surface area contributed by atoms with Crippen LogP contribution in [0, 0.1) is 0 Å². The molecule has 8 heteroatoms. The number of carbonyl (C=O) groups is 1. The van der Waals surface area contributed by atoms with Crippen LogP contribution in [0.1, 0.15) is 18.2 Å². The van der Waals surface area contributed by atoms with Gasteiger partial charge in [-0.25, -0.2) is 0 Å². The molecule has 142 valence electrons. The number of aromatic nitrogens is 2. The standard InChI is InChI=1S/C20H17N3O5/c1-25-15-5-3-2-4-14(15)23-10-13(9-18(23)24)20-21-19(22-28-20)12-6-7-16-17(8-12)27-11-26-16/h2-8,13H,9-11H2,1H3. The van der Waals surface area contributed by atoms with E-state index in [0.717, 1.165) is 11.3 Å². The van der Waals surface area contributed by atoms with E-state index in [2.05, 4.69) is 10.1 Å². The molecular formula is C20H17N3O5. The summed E-state index contributed by atoms with van der Waals surface area (Å²) in [5.74, 6) is 2.73. The highest BCUT2D eigenvalue weighted by molar-refractivity contribution is 5.97. The minimum absolute atomic E-state index is 0.00247. The van der Waals surface area contributed by atoms with E-state index in [-0.39, 0.29) is 18.6 Å². The lowest BCUT2D eigenvalue weighted by Crippen LogP contribution is -2.24. The molecule has 5 rings (SSSR count). The lowest BCUT2D eigenvalue weighted by Gasteiger charge is -2.18. The third-order valence-electron chi connectivity index (χ3n) is 4.92. The van der Waals surface area contributed by atoms with Crippen molar-refractivity contribution in [3.63, 3.8) is 0 Å². The summed E-state index contributed by atoms with van der Waals surface area (Å²) in [6.07, 6.45) is 0.306. The summed E-state index contributed by atoms with van der Waals surface area (Å²) in [5, 5.41) is 4.08. The van der Waals surface area contributed by atoms with E-state index in [1.165, 1.54) is 0 Å². The zero-order chi connectivity index (χ0) is 19.1. The van der Waals surface area contributed by atoms with Gasteiger partial charge in [-0.2, -0.15) is 4.98 Å². The van der Waals surface area contributed by atoms with Crippen molar-refractivity contribution in [2.24, 2.45) is 0 Å². The molecule has 2 aromatic carbocycles. The van der Waals surface area contributed by atoms with Crippen LogP contribution < -0.4 is 19.1 Å². The highest BCUT2D eigenvalue weighted by atomic mass is 16.7. The quantitative estimate of drug-likeness (QED) is 0.689. The molecule has 1 aromatic heterocycles. The number of anilines is 1. The van der Waals surface area contributed by atoms with E-state index in [0.29, 0.717) is 41.9 Å². The fraction of sp³-hybridized carbons (Fsp3) is 0.250. The second-order valence-corrected chi connectivity index (χ2v) is 6.60. The van der Waals surface area contributed by atoms with Gasteiger partial charge < -0.3 is 23.6 Å². The van der Waals surface area contributed by atoms with Gasteiger partial charge >= 0.3 is 0 Å². The predicted octanol–water partition coefficient (Wildman–Crippen LogP) is 2.99. The van der Waals surface area contributed by atoms with Crippen LogP contribution in [-0.2, 0) is 4.79 Å². The molecule has 0 bridgehead atoms. The number of ether oxygens (including phenoxy) is 3. The fourth-order valence-corrected chi connectivity index (χ4v) is 3.51. The molecule has 1 unspecified atom stereocenters. The Morgan fingerprint density at radius 1 is 1.14 bits per heavy atom. The van der Waals surface area contributed by atoms with Crippen molar-refractivity contribution >= 4 is 11.6 Å². The first-order valence-electron chi connectivity index (χ1n) is 8.90. The Morgan fingerprint density at radius 2 is 2.00 bits per heavy atom. The molecule has 3 heterocycles.